The van der Waals surface area contributed by atoms with E-state index in [1.54, 1.807) is 48.5 Å². The van der Waals surface area contributed by atoms with Crippen LogP contribution in [0.15, 0.2) is 60.7 Å². The second kappa shape index (κ2) is 16.2. The van der Waals surface area contributed by atoms with Gasteiger partial charge in [0.15, 0.2) is 11.6 Å². The van der Waals surface area contributed by atoms with Gasteiger partial charge < -0.3 is 0 Å². The van der Waals surface area contributed by atoms with Gasteiger partial charge in [0.2, 0.25) is 0 Å². The van der Waals surface area contributed by atoms with Gasteiger partial charge in [0, 0.05) is 11.1 Å². The molecular formula is C21H32O2. The molecule has 2 rings (SSSR count). The first-order valence-electron chi connectivity index (χ1n) is 7.44. The zero-order valence-corrected chi connectivity index (χ0v) is 13.3. The van der Waals surface area contributed by atoms with Gasteiger partial charge in [-0.25, -0.2) is 0 Å². The van der Waals surface area contributed by atoms with Crippen molar-refractivity contribution in [2.75, 3.05) is 0 Å². The summed E-state index contributed by atoms with van der Waals surface area (Å²) in [5.74, 6) is -0.279. The Hall–Kier alpha value is -2.22. The van der Waals surface area contributed by atoms with Crippen LogP contribution in [0.4, 0.5) is 0 Å². The fourth-order valence-electron chi connectivity index (χ4n) is 1.60. The third kappa shape index (κ3) is 9.41. The van der Waals surface area contributed by atoms with Crippen molar-refractivity contribution >= 4 is 11.6 Å². The molecule has 0 amide bonds. The number of ketones is 2. The fraction of sp³-hybridized carbons (Fsp3) is 0.333. The Balaban J connectivity index is -0.000000619. The molecule has 0 N–H and O–H groups in total. The maximum absolute atomic E-state index is 11.8. The molecule has 2 nitrogen and oxygen atoms in total. The van der Waals surface area contributed by atoms with Crippen molar-refractivity contribution < 1.29 is 9.59 Å². The minimum atomic E-state index is -0.139. The Morgan fingerprint density at radius 1 is 0.609 bits per heavy atom. The largest absolute Gasteiger partial charge is 0.294 e. The van der Waals surface area contributed by atoms with E-state index in [0.717, 1.165) is 0 Å². The molecule has 0 heterocycles. The van der Waals surface area contributed by atoms with Crippen LogP contribution < -0.4 is 0 Å². The lowest BCUT2D eigenvalue weighted by Crippen LogP contribution is -2.08. The molecule has 0 unspecified atom stereocenters. The van der Waals surface area contributed by atoms with Gasteiger partial charge >= 0.3 is 0 Å². The summed E-state index contributed by atoms with van der Waals surface area (Å²) in [6, 6.07) is 17.7. The summed E-state index contributed by atoms with van der Waals surface area (Å²) in [6.07, 6.45) is -0.0754. The van der Waals surface area contributed by atoms with Gasteiger partial charge in [0.25, 0.3) is 0 Å². The predicted octanol–water partition coefficient (Wildman–Crippen LogP) is 6.47. The maximum Gasteiger partial charge on any atom is 0.170 e. The summed E-state index contributed by atoms with van der Waals surface area (Å²) in [5, 5.41) is 0. The first-order valence-corrected chi connectivity index (χ1v) is 7.44. The van der Waals surface area contributed by atoms with E-state index < -0.39 is 0 Å². The van der Waals surface area contributed by atoms with E-state index in [2.05, 4.69) is 0 Å². The molecule has 23 heavy (non-hydrogen) atoms. The molecule has 0 aromatic heterocycles. The van der Waals surface area contributed by atoms with Gasteiger partial charge in [-0.05, 0) is 0 Å². The molecule has 0 fully saturated rings. The normalized spacial score (nSPS) is 7.83. The summed E-state index contributed by atoms with van der Waals surface area (Å²) >= 11 is 0. The lowest BCUT2D eigenvalue weighted by atomic mass is 10.0. The minimum Gasteiger partial charge on any atom is -0.294 e. The molecule has 128 valence electrons. The molecule has 0 aliphatic rings. The Morgan fingerprint density at radius 2 is 0.870 bits per heavy atom. The summed E-state index contributed by atoms with van der Waals surface area (Å²) in [6.45, 7) is 8.00. The maximum atomic E-state index is 11.8. The van der Waals surface area contributed by atoms with Gasteiger partial charge in [0.05, 0.1) is 6.42 Å². The highest BCUT2D eigenvalue weighted by atomic mass is 16.1. The summed E-state index contributed by atoms with van der Waals surface area (Å²) in [7, 11) is 0. The monoisotopic (exact) mass is 316 g/mol. The molecule has 0 spiro atoms. The molecule has 2 aromatic carbocycles. The molecule has 0 bridgehead atoms. The van der Waals surface area contributed by atoms with Gasteiger partial charge in [0.1, 0.15) is 0 Å². The van der Waals surface area contributed by atoms with Crippen LogP contribution in [-0.2, 0) is 0 Å². The minimum absolute atomic E-state index is 0. The van der Waals surface area contributed by atoms with Gasteiger partial charge in [-0.3, -0.25) is 9.59 Å². The smallest absolute Gasteiger partial charge is 0.170 e. The van der Waals surface area contributed by atoms with Gasteiger partial charge in [-0.2, -0.15) is 0 Å². The fourth-order valence-corrected chi connectivity index (χ4v) is 1.60. The van der Waals surface area contributed by atoms with Crippen molar-refractivity contribution in [3.8, 4) is 0 Å². The molecule has 2 aromatic rings. The number of carbonyl (C=O) groups excluding carboxylic acids is 2. The van der Waals surface area contributed by atoms with Crippen LogP contribution in [0, 0.1) is 0 Å². The Bertz CT molecular complexity index is 467. The molecule has 2 heteroatoms. The van der Waals surface area contributed by atoms with Crippen LogP contribution in [0.5, 0.6) is 0 Å². The highest BCUT2D eigenvalue weighted by molar-refractivity contribution is 6.13. The van der Waals surface area contributed by atoms with Crippen LogP contribution in [-0.4, -0.2) is 11.6 Å². The Labute approximate surface area is 142 Å². The molecule has 0 aliphatic heterocycles. The molecule has 0 atom stereocenters. The highest BCUT2D eigenvalue weighted by Crippen LogP contribution is 2.08. The number of Topliss-reactive ketones (excluding diaryl/α,β-unsaturated/α-hetero) is 2. The molecule has 0 saturated heterocycles. The number of hydrogen-bond donors (Lipinski definition) is 0. The SMILES string of the molecule is C.C.CC.CC.O=C(CC(=O)c1ccccc1)c1ccccc1. The lowest BCUT2D eigenvalue weighted by molar-refractivity contribution is 0.0894. The Kier molecular flexibility index (Phi) is 18.1. The van der Waals surface area contributed by atoms with Gasteiger partial charge in [-0.1, -0.05) is 103 Å². The number of rotatable bonds is 4. The zero-order chi connectivity index (χ0) is 16.1. The van der Waals surface area contributed by atoms with Crippen LogP contribution in [0.3, 0.4) is 0 Å². The van der Waals surface area contributed by atoms with E-state index in [1.165, 1.54) is 0 Å². The number of benzene rings is 2. The van der Waals surface area contributed by atoms with E-state index in [4.69, 9.17) is 0 Å². The zero-order valence-electron chi connectivity index (χ0n) is 13.3. The van der Waals surface area contributed by atoms with E-state index >= 15 is 0 Å². The highest BCUT2D eigenvalue weighted by Gasteiger charge is 2.12. The molecular weight excluding hydrogens is 284 g/mol. The third-order valence-corrected chi connectivity index (χ3v) is 2.51. The summed E-state index contributed by atoms with van der Waals surface area (Å²) in [5.41, 5.74) is 1.16. The number of carbonyl (C=O) groups is 2. The van der Waals surface area contributed by atoms with Gasteiger partial charge in [-0.15, -0.1) is 0 Å². The van der Waals surface area contributed by atoms with Crippen LogP contribution in [0.2, 0.25) is 0 Å². The standard InChI is InChI=1S/C15H12O2.2C2H6.2CH4/c16-14(12-7-3-1-4-8-12)11-15(17)13-9-5-2-6-10-13;2*1-2;;/h1-10H,11H2;2*1-2H3;2*1H4. The Morgan fingerprint density at radius 3 is 1.13 bits per heavy atom. The van der Waals surface area contributed by atoms with E-state index in [-0.39, 0.29) is 32.8 Å². The van der Waals surface area contributed by atoms with E-state index in [9.17, 15) is 9.59 Å². The van der Waals surface area contributed by atoms with Crippen LogP contribution in [0.25, 0.3) is 0 Å². The third-order valence-electron chi connectivity index (χ3n) is 2.51. The topological polar surface area (TPSA) is 34.1 Å². The predicted molar refractivity (Wildman–Crippen MR) is 102 cm³/mol. The lowest BCUT2D eigenvalue weighted by Gasteiger charge is -2.00. The van der Waals surface area contributed by atoms with Crippen molar-refractivity contribution in [1.29, 1.82) is 0 Å². The quantitative estimate of drug-likeness (QED) is 0.478. The first-order chi connectivity index (χ1) is 10.3. The molecule has 0 saturated carbocycles. The van der Waals surface area contributed by atoms with E-state index in [1.807, 2.05) is 39.8 Å². The summed E-state index contributed by atoms with van der Waals surface area (Å²) < 4.78 is 0. The summed E-state index contributed by atoms with van der Waals surface area (Å²) in [4.78, 5) is 23.6. The van der Waals surface area contributed by atoms with Crippen molar-refractivity contribution in [3.63, 3.8) is 0 Å². The number of hydrogen-bond acceptors (Lipinski definition) is 2. The first kappa shape index (κ1) is 25.7. The van der Waals surface area contributed by atoms with Crippen molar-refractivity contribution in [2.45, 2.75) is 49.0 Å². The average molecular weight is 316 g/mol. The van der Waals surface area contributed by atoms with Crippen molar-refractivity contribution in [1.82, 2.24) is 0 Å². The van der Waals surface area contributed by atoms with Crippen LogP contribution in [0.1, 0.15) is 69.7 Å². The second-order valence-electron chi connectivity index (χ2n) is 3.76. The van der Waals surface area contributed by atoms with Crippen molar-refractivity contribution in [3.05, 3.63) is 71.8 Å². The average Bonchev–Trinajstić information content (AvgIpc) is 2.60. The molecule has 0 aliphatic carbocycles. The second-order valence-corrected chi connectivity index (χ2v) is 3.76. The van der Waals surface area contributed by atoms with Crippen LogP contribution >= 0.6 is 0 Å². The van der Waals surface area contributed by atoms with E-state index in [0.29, 0.717) is 11.1 Å². The molecule has 0 radical (unpaired) electrons. The van der Waals surface area contributed by atoms with Crippen molar-refractivity contribution in [2.24, 2.45) is 0 Å².